The lowest BCUT2D eigenvalue weighted by molar-refractivity contribution is 0.158. The summed E-state index contributed by atoms with van der Waals surface area (Å²) in [4.78, 5) is 0.156. The van der Waals surface area contributed by atoms with Crippen LogP contribution >= 0.6 is 7.60 Å². The van der Waals surface area contributed by atoms with Crippen LogP contribution in [-0.2, 0) is 23.6 Å². The van der Waals surface area contributed by atoms with Gasteiger partial charge in [-0.1, -0.05) is 42.8 Å². The van der Waals surface area contributed by atoms with E-state index in [0.29, 0.717) is 16.5 Å². The van der Waals surface area contributed by atoms with Crippen molar-refractivity contribution in [3.8, 4) is 0 Å². The molecule has 3 aromatic rings. The third kappa shape index (κ3) is 3.79. The minimum atomic E-state index is -3.86. The van der Waals surface area contributed by atoms with Gasteiger partial charge in [0.25, 0.3) is 10.0 Å². The lowest BCUT2D eigenvalue weighted by atomic mass is 10.0. The second kappa shape index (κ2) is 8.05. The van der Waals surface area contributed by atoms with Crippen molar-refractivity contribution in [1.82, 2.24) is 3.97 Å². The monoisotopic (exact) mass is 437 g/mol. The van der Waals surface area contributed by atoms with Gasteiger partial charge in [0.1, 0.15) is 0 Å². The summed E-state index contributed by atoms with van der Waals surface area (Å²) in [5, 5.41) is 11.3. The Labute approximate surface area is 170 Å². The molecule has 0 saturated carbocycles. The van der Waals surface area contributed by atoms with E-state index in [4.69, 9.17) is 9.05 Å². The van der Waals surface area contributed by atoms with Crippen molar-refractivity contribution in [1.29, 1.82) is 0 Å². The normalized spacial score (nSPS) is 14.8. The number of rotatable bonds is 7. The molecule has 2 atom stereocenters. The minimum Gasteiger partial charge on any atom is -0.380 e. The Morgan fingerprint density at radius 2 is 1.62 bits per heavy atom. The Bertz CT molecular complexity index is 1160. The topological polar surface area (TPSA) is 94.8 Å². The SMILES string of the molecule is COP(=O)(OC)C(O)C(C)c1cn(S(=O)(=O)c2ccc(C)cc2)c2ccccc12. The number of aryl methyl sites for hydroxylation is 1. The van der Waals surface area contributed by atoms with Gasteiger partial charge < -0.3 is 14.2 Å². The molecule has 156 valence electrons. The van der Waals surface area contributed by atoms with Gasteiger partial charge >= 0.3 is 7.60 Å². The minimum absolute atomic E-state index is 0.156. The summed E-state index contributed by atoms with van der Waals surface area (Å²) in [6.07, 6.45) is 1.46. The summed E-state index contributed by atoms with van der Waals surface area (Å²) >= 11 is 0. The lowest BCUT2D eigenvalue weighted by Crippen LogP contribution is -2.18. The third-order valence-electron chi connectivity index (χ3n) is 5.06. The summed E-state index contributed by atoms with van der Waals surface area (Å²) in [7, 11) is -5.23. The Hall–Kier alpha value is -1.96. The molecule has 0 aliphatic heterocycles. The smallest absolute Gasteiger partial charge is 0.358 e. The first-order valence-electron chi connectivity index (χ1n) is 8.97. The average Bonchev–Trinajstić information content (AvgIpc) is 3.13. The number of benzene rings is 2. The van der Waals surface area contributed by atoms with E-state index >= 15 is 0 Å². The molecule has 9 heteroatoms. The van der Waals surface area contributed by atoms with Gasteiger partial charge in [-0.2, -0.15) is 0 Å². The van der Waals surface area contributed by atoms with Crippen molar-refractivity contribution in [2.24, 2.45) is 0 Å². The van der Waals surface area contributed by atoms with Crippen molar-refractivity contribution in [2.75, 3.05) is 14.2 Å². The number of nitrogens with zero attached hydrogens (tertiary/aromatic N) is 1. The average molecular weight is 437 g/mol. The van der Waals surface area contributed by atoms with Gasteiger partial charge in [0.15, 0.2) is 5.85 Å². The summed E-state index contributed by atoms with van der Waals surface area (Å²) in [6, 6.07) is 13.6. The van der Waals surface area contributed by atoms with Gasteiger partial charge in [-0.3, -0.25) is 4.57 Å². The fraction of sp³-hybridized carbons (Fsp3) is 0.300. The zero-order chi connectivity index (χ0) is 21.4. The highest BCUT2D eigenvalue weighted by molar-refractivity contribution is 7.90. The fourth-order valence-electron chi connectivity index (χ4n) is 3.29. The molecule has 0 aliphatic carbocycles. The molecule has 0 saturated heterocycles. The quantitative estimate of drug-likeness (QED) is 0.560. The molecule has 0 amide bonds. The van der Waals surface area contributed by atoms with E-state index in [2.05, 4.69) is 0 Å². The molecule has 0 spiro atoms. The Kier molecular flexibility index (Phi) is 6.03. The Balaban J connectivity index is 2.18. The molecular weight excluding hydrogens is 413 g/mol. The van der Waals surface area contributed by atoms with Gasteiger partial charge in [0, 0.05) is 31.7 Å². The largest absolute Gasteiger partial charge is 0.380 e. The van der Waals surface area contributed by atoms with Crippen molar-refractivity contribution in [3.63, 3.8) is 0 Å². The number of fused-ring (bicyclic) bond motifs is 1. The van der Waals surface area contributed by atoms with Crippen LogP contribution in [0.1, 0.15) is 24.0 Å². The molecule has 0 bridgehead atoms. The molecule has 1 heterocycles. The number of hydrogen-bond donors (Lipinski definition) is 1. The first-order valence-corrected chi connectivity index (χ1v) is 12.0. The summed E-state index contributed by atoms with van der Waals surface area (Å²) in [5.74, 6) is -2.17. The number of aliphatic hydroxyl groups excluding tert-OH is 1. The number of para-hydroxylation sites is 1. The predicted octanol–water partition coefficient (Wildman–Crippen LogP) is 4.09. The van der Waals surface area contributed by atoms with E-state index in [1.165, 1.54) is 24.4 Å². The molecule has 0 radical (unpaired) electrons. The third-order valence-corrected chi connectivity index (χ3v) is 8.86. The fourth-order valence-corrected chi connectivity index (χ4v) is 5.95. The van der Waals surface area contributed by atoms with Crippen LogP contribution in [0, 0.1) is 6.92 Å². The first kappa shape index (κ1) is 21.7. The molecular formula is C20H24NO6PS. The van der Waals surface area contributed by atoms with Crippen LogP contribution in [0.15, 0.2) is 59.6 Å². The maximum atomic E-state index is 13.3. The van der Waals surface area contributed by atoms with E-state index in [1.54, 1.807) is 55.5 Å². The van der Waals surface area contributed by atoms with Crippen LogP contribution in [0.3, 0.4) is 0 Å². The van der Waals surface area contributed by atoms with E-state index in [1.807, 2.05) is 6.92 Å². The summed E-state index contributed by atoms with van der Waals surface area (Å²) < 4.78 is 50.2. The molecule has 29 heavy (non-hydrogen) atoms. The van der Waals surface area contributed by atoms with Crippen LogP contribution in [0.25, 0.3) is 10.9 Å². The van der Waals surface area contributed by atoms with Crippen molar-refractivity contribution < 1.29 is 27.1 Å². The molecule has 0 fully saturated rings. The van der Waals surface area contributed by atoms with Crippen LogP contribution in [0.2, 0.25) is 0 Å². The van der Waals surface area contributed by atoms with E-state index in [9.17, 15) is 18.1 Å². The number of aromatic nitrogens is 1. The molecule has 1 N–H and O–H groups in total. The van der Waals surface area contributed by atoms with Gasteiger partial charge in [0.05, 0.1) is 10.4 Å². The standard InChI is InChI=1S/C20H24NO6PS/c1-14-9-11-16(12-10-14)29(24,25)21-13-18(17-7-5-6-8-19(17)21)15(2)20(22)28(23,26-3)27-4/h5-13,15,20,22H,1-4H3. The first-order chi connectivity index (χ1) is 13.7. The second-order valence-corrected chi connectivity index (χ2v) is 11.0. The van der Waals surface area contributed by atoms with Gasteiger partial charge in [-0.25, -0.2) is 12.4 Å². The van der Waals surface area contributed by atoms with Gasteiger partial charge in [-0.05, 0) is 30.7 Å². The Morgan fingerprint density at radius 1 is 1.03 bits per heavy atom. The van der Waals surface area contributed by atoms with Crippen LogP contribution in [0.5, 0.6) is 0 Å². The van der Waals surface area contributed by atoms with E-state index in [0.717, 1.165) is 5.56 Å². The molecule has 2 unspecified atom stereocenters. The summed E-state index contributed by atoms with van der Waals surface area (Å²) in [5.41, 5.74) is 1.94. The highest BCUT2D eigenvalue weighted by atomic mass is 32.2. The van der Waals surface area contributed by atoms with Gasteiger partial charge in [-0.15, -0.1) is 0 Å². The molecule has 1 aromatic heterocycles. The van der Waals surface area contributed by atoms with Crippen molar-refractivity contribution in [3.05, 3.63) is 65.9 Å². The van der Waals surface area contributed by atoms with Crippen molar-refractivity contribution in [2.45, 2.75) is 30.5 Å². The predicted molar refractivity (Wildman–Crippen MR) is 112 cm³/mol. The van der Waals surface area contributed by atoms with Crippen LogP contribution < -0.4 is 0 Å². The zero-order valence-corrected chi connectivity index (χ0v) is 18.4. The van der Waals surface area contributed by atoms with E-state index < -0.39 is 29.4 Å². The number of hydrogen-bond acceptors (Lipinski definition) is 6. The highest BCUT2D eigenvalue weighted by Crippen LogP contribution is 2.55. The van der Waals surface area contributed by atoms with Crippen LogP contribution in [-0.4, -0.2) is 37.6 Å². The molecule has 7 nitrogen and oxygen atoms in total. The Morgan fingerprint density at radius 3 is 2.21 bits per heavy atom. The zero-order valence-electron chi connectivity index (χ0n) is 16.6. The van der Waals surface area contributed by atoms with Gasteiger partial charge in [0.2, 0.25) is 0 Å². The maximum absolute atomic E-state index is 13.3. The van der Waals surface area contributed by atoms with E-state index in [-0.39, 0.29) is 4.90 Å². The van der Waals surface area contributed by atoms with Crippen molar-refractivity contribution >= 4 is 28.5 Å². The maximum Gasteiger partial charge on any atom is 0.358 e. The second-order valence-electron chi connectivity index (χ2n) is 6.82. The highest BCUT2D eigenvalue weighted by Gasteiger charge is 2.38. The molecule has 2 aromatic carbocycles. The molecule has 3 rings (SSSR count). The molecule has 0 aliphatic rings. The number of aliphatic hydroxyl groups is 1. The summed E-state index contributed by atoms with van der Waals surface area (Å²) in [6.45, 7) is 3.53. The van der Waals surface area contributed by atoms with Crippen LogP contribution in [0.4, 0.5) is 0 Å². The lowest BCUT2D eigenvalue weighted by Gasteiger charge is -2.24.